The number of hydrogen-bond acceptors (Lipinski definition) is 4. The van der Waals surface area contributed by atoms with E-state index < -0.39 is 0 Å². The molecule has 0 radical (unpaired) electrons. The number of rotatable bonds is 3. The quantitative estimate of drug-likeness (QED) is 0.903. The number of hydrogen-bond donors (Lipinski definition) is 1. The Morgan fingerprint density at radius 2 is 1.89 bits per heavy atom. The summed E-state index contributed by atoms with van der Waals surface area (Å²) in [4.78, 5) is 25.1. The Kier molecular flexibility index (Phi) is 3.38. The van der Waals surface area contributed by atoms with Crippen molar-refractivity contribution in [2.75, 3.05) is 5.32 Å². The van der Waals surface area contributed by atoms with Gasteiger partial charge in [-0.05, 0) is 18.4 Å². The van der Waals surface area contributed by atoms with E-state index in [1.807, 2.05) is 17.5 Å². The van der Waals surface area contributed by atoms with Crippen LogP contribution in [-0.2, 0) is 20.6 Å². The lowest BCUT2D eigenvalue weighted by atomic mass is 10.2. The van der Waals surface area contributed by atoms with E-state index in [0.29, 0.717) is 17.8 Å². The van der Waals surface area contributed by atoms with Crippen LogP contribution < -0.4 is 16.4 Å². The minimum Gasteiger partial charge on any atom is -0.375 e. The summed E-state index contributed by atoms with van der Waals surface area (Å²) in [6, 6.07) is 3.94. The van der Waals surface area contributed by atoms with Gasteiger partial charge in [0.1, 0.15) is 5.69 Å². The van der Waals surface area contributed by atoms with Gasteiger partial charge in [-0.25, -0.2) is 4.68 Å². The molecule has 0 spiro atoms. The van der Waals surface area contributed by atoms with Crippen LogP contribution in [0.5, 0.6) is 0 Å². The molecule has 0 unspecified atom stereocenters. The second-order valence-corrected chi connectivity index (χ2v) is 5.12. The molecule has 0 fully saturated rings. The highest BCUT2D eigenvalue weighted by Crippen LogP contribution is 2.11. The lowest BCUT2D eigenvalue weighted by Crippen LogP contribution is -2.38. The minimum absolute atomic E-state index is 0.161. The molecule has 0 atom stereocenters. The van der Waals surface area contributed by atoms with Gasteiger partial charge in [0, 0.05) is 31.1 Å². The van der Waals surface area contributed by atoms with E-state index >= 15 is 0 Å². The average Bonchev–Trinajstić information content (AvgIpc) is 2.87. The van der Waals surface area contributed by atoms with Crippen LogP contribution >= 0.6 is 11.3 Å². The first-order chi connectivity index (χ1) is 8.52. The summed E-state index contributed by atoms with van der Waals surface area (Å²) in [5.74, 6) is 0. The van der Waals surface area contributed by atoms with Gasteiger partial charge >= 0.3 is 0 Å². The largest absolute Gasteiger partial charge is 0.375 e. The molecular formula is C12H15N3O2S. The monoisotopic (exact) mass is 265 g/mol. The van der Waals surface area contributed by atoms with Gasteiger partial charge < -0.3 is 5.32 Å². The van der Waals surface area contributed by atoms with Crippen LogP contribution in [0.4, 0.5) is 5.69 Å². The van der Waals surface area contributed by atoms with E-state index in [9.17, 15) is 9.59 Å². The minimum atomic E-state index is -0.189. The summed E-state index contributed by atoms with van der Waals surface area (Å²) in [6.07, 6.45) is 0. The molecule has 0 saturated carbocycles. The van der Waals surface area contributed by atoms with Crippen LogP contribution in [0.1, 0.15) is 10.4 Å². The third kappa shape index (κ3) is 2.11. The molecule has 96 valence electrons. The first kappa shape index (κ1) is 12.6. The maximum atomic E-state index is 12.1. The molecule has 2 aromatic heterocycles. The number of aromatic nitrogens is 2. The van der Waals surface area contributed by atoms with Crippen molar-refractivity contribution in [3.8, 4) is 0 Å². The number of nitrogens with one attached hydrogen (secondary N) is 1. The van der Waals surface area contributed by atoms with E-state index in [4.69, 9.17) is 0 Å². The Morgan fingerprint density at radius 1 is 1.22 bits per heavy atom. The third-order valence-corrected chi connectivity index (χ3v) is 3.84. The van der Waals surface area contributed by atoms with Gasteiger partial charge in [0.15, 0.2) is 0 Å². The van der Waals surface area contributed by atoms with Crippen molar-refractivity contribution >= 4 is 17.0 Å². The van der Waals surface area contributed by atoms with Crippen LogP contribution in [0.15, 0.2) is 27.1 Å². The first-order valence-electron chi connectivity index (χ1n) is 5.55. The highest BCUT2D eigenvalue weighted by Gasteiger charge is 2.11. The van der Waals surface area contributed by atoms with Gasteiger partial charge in [-0.1, -0.05) is 6.07 Å². The third-order valence-electron chi connectivity index (χ3n) is 2.97. The Labute approximate surface area is 108 Å². The van der Waals surface area contributed by atoms with Gasteiger partial charge in [-0.15, -0.1) is 11.3 Å². The van der Waals surface area contributed by atoms with Crippen molar-refractivity contribution in [3.05, 3.63) is 48.7 Å². The van der Waals surface area contributed by atoms with Crippen molar-refractivity contribution < 1.29 is 0 Å². The fourth-order valence-corrected chi connectivity index (χ4v) is 2.39. The molecule has 5 nitrogen and oxygen atoms in total. The molecule has 0 amide bonds. The second kappa shape index (κ2) is 4.81. The van der Waals surface area contributed by atoms with Crippen molar-refractivity contribution in [3.63, 3.8) is 0 Å². The molecule has 0 aromatic carbocycles. The standard InChI is InChI=1S/C12H15N3O2S/c1-8-10(13-7-9-5-4-6-18-9)12(17)15(3)14(2)11(8)16/h4-6,13H,7H2,1-3H3. The molecule has 0 saturated heterocycles. The maximum absolute atomic E-state index is 12.1. The van der Waals surface area contributed by atoms with Crippen molar-refractivity contribution in [2.24, 2.45) is 14.1 Å². The summed E-state index contributed by atoms with van der Waals surface area (Å²) >= 11 is 1.61. The van der Waals surface area contributed by atoms with Gasteiger partial charge in [0.05, 0.1) is 0 Å². The Balaban J connectivity index is 2.39. The second-order valence-electron chi connectivity index (χ2n) is 4.09. The van der Waals surface area contributed by atoms with Crippen LogP contribution in [0.2, 0.25) is 0 Å². The molecule has 1 N–H and O–H groups in total. The highest BCUT2D eigenvalue weighted by atomic mass is 32.1. The SMILES string of the molecule is Cc1c(NCc2cccs2)c(=O)n(C)n(C)c1=O. The molecule has 2 aromatic rings. The summed E-state index contributed by atoms with van der Waals surface area (Å²) in [7, 11) is 3.17. The Hall–Kier alpha value is -1.82. The predicted octanol–water partition coefficient (Wildman–Crippen LogP) is 1.07. The number of nitrogens with zero attached hydrogens (tertiary/aromatic N) is 2. The molecule has 0 aliphatic carbocycles. The van der Waals surface area contributed by atoms with E-state index in [2.05, 4.69) is 5.32 Å². The van der Waals surface area contributed by atoms with Gasteiger partial charge in [-0.2, -0.15) is 0 Å². The van der Waals surface area contributed by atoms with E-state index in [1.54, 1.807) is 32.4 Å². The highest BCUT2D eigenvalue weighted by molar-refractivity contribution is 7.09. The van der Waals surface area contributed by atoms with Gasteiger partial charge in [-0.3, -0.25) is 14.3 Å². The Bertz CT molecular complexity index is 668. The molecule has 2 rings (SSSR count). The van der Waals surface area contributed by atoms with Crippen molar-refractivity contribution in [1.29, 1.82) is 0 Å². The predicted molar refractivity (Wildman–Crippen MR) is 73.3 cm³/mol. The van der Waals surface area contributed by atoms with E-state index in [-0.39, 0.29) is 11.1 Å². The zero-order chi connectivity index (χ0) is 13.3. The van der Waals surface area contributed by atoms with Crippen LogP contribution in [0, 0.1) is 6.92 Å². The topological polar surface area (TPSA) is 56.0 Å². The zero-order valence-corrected chi connectivity index (χ0v) is 11.4. The smallest absolute Gasteiger partial charge is 0.288 e. The zero-order valence-electron chi connectivity index (χ0n) is 10.6. The van der Waals surface area contributed by atoms with E-state index in [0.717, 1.165) is 4.88 Å². The van der Waals surface area contributed by atoms with E-state index in [1.165, 1.54) is 9.36 Å². The summed E-state index contributed by atoms with van der Waals surface area (Å²) in [5.41, 5.74) is 0.489. The van der Waals surface area contributed by atoms with Gasteiger partial charge in [0.25, 0.3) is 11.1 Å². The lowest BCUT2D eigenvalue weighted by molar-refractivity contribution is 0.531. The first-order valence-corrected chi connectivity index (χ1v) is 6.43. The van der Waals surface area contributed by atoms with Crippen molar-refractivity contribution in [2.45, 2.75) is 13.5 Å². The van der Waals surface area contributed by atoms with Crippen molar-refractivity contribution in [1.82, 2.24) is 9.36 Å². The van der Waals surface area contributed by atoms with Crippen LogP contribution in [-0.4, -0.2) is 9.36 Å². The fraction of sp³-hybridized carbons (Fsp3) is 0.333. The molecular weight excluding hydrogens is 250 g/mol. The number of thiophene rings is 1. The molecule has 0 aliphatic heterocycles. The Morgan fingerprint density at radius 3 is 2.50 bits per heavy atom. The molecule has 6 heteroatoms. The van der Waals surface area contributed by atoms with Crippen LogP contribution in [0.25, 0.3) is 0 Å². The average molecular weight is 265 g/mol. The molecule has 18 heavy (non-hydrogen) atoms. The summed E-state index contributed by atoms with van der Waals surface area (Å²) in [5, 5.41) is 5.03. The van der Waals surface area contributed by atoms with Crippen LogP contribution in [0.3, 0.4) is 0 Å². The van der Waals surface area contributed by atoms with Gasteiger partial charge in [0.2, 0.25) is 0 Å². The number of anilines is 1. The maximum Gasteiger partial charge on any atom is 0.288 e. The fourth-order valence-electron chi connectivity index (χ4n) is 1.74. The normalized spacial score (nSPS) is 10.6. The molecule has 0 aliphatic rings. The summed E-state index contributed by atoms with van der Waals surface area (Å²) in [6.45, 7) is 2.22. The summed E-state index contributed by atoms with van der Waals surface area (Å²) < 4.78 is 2.63. The molecule has 2 heterocycles. The lowest BCUT2D eigenvalue weighted by Gasteiger charge is -2.12. The molecule has 0 bridgehead atoms.